The molecule has 0 unspecified atom stereocenters. The Balaban J connectivity index is 3.13. The Morgan fingerprint density at radius 1 is 1.50 bits per heavy atom. The maximum Gasteiger partial charge on any atom is 0.152 e. The molecule has 0 aromatic carbocycles. The molecule has 0 saturated carbocycles. The summed E-state index contributed by atoms with van der Waals surface area (Å²) in [6.45, 7) is 0. The first-order valence-electron chi connectivity index (χ1n) is 1.93. The molecule has 1 heterocycles. The first-order chi connectivity index (χ1) is 3.80. The van der Waals surface area contributed by atoms with Gasteiger partial charge in [0.15, 0.2) is 5.15 Å². The number of nitrogens with zero attached hydrogens (tertiary/aromatic N) is 1. The number of hydrogen-bond donors (Lipinski definition) is 0. The average Bonchev–Trinajstić information content (AvgIpc) is 1.77. The average molecular weight is 166 g/mol. The van der Waals surface area contributed by atoms with Crippen LogP contribution in [0.25, 0.3) is 0 Å². The molecule has 0 spiro atoms. The zero-order valence-corrected chi connectivity index (χ0v) is 6.21. The molecule has 1 rings (SSSR count). The fourth-order valence-electron chi connectivity index (χ4n) is 0.299. The van der Waals surface area contributed by atoms with Crippen LogP contribution in [0.2, 0.25) is 10.2 Å². The van der Waals surface area contributed by atoms with E-state index in [9.17, 15) is 0 Å². The minimum Gasteiger partial charge on any atom is -0.214 e. The molecule has 1 aromatic heterocycles. The smallest absolute Gasteiger partial charge is 0.152 e. The molecule has 42 valence electrons. The third-order valence-electron chi connectivity index (χ3n) is 0.630. The van der Waals surface area contributed by atoms with Gasteiger partial charge in [0.05, 0.1) is 5.02 Å². The van der Waals surface area contributed by atoms with Crippen molar-refractivity contribution in [1.29, 1.82) is 0 Å². The van der Waals surface area contributed by atoms with E-state index < -0.39 is 0 Å². The van der Waals surface area contributed by atoms with Crippen molar-refractivity contribution in [2.75, 3.05) is 0 Å². The molecule has 0 amide bonds. The largest absolute Gasteiger partial charge is 0.214 e. The van der Waals surface area contributed by atoms with Crippen molar-refractivity contribution in [1.82, 2.24) is 4.75 Å². The third kappa shape index (κ3) is 1.32. The quantitative estimate of drug-likeness (QED) is 0.577. The highest BCUT2D eigenvalue weighted by Crippen LogP contribution is 2.19. The Morgan fingerprint density at radius 3 is 2.62 bits per heavy atom. The van der Waals surface area contributed by atoms with Crippen LogP contribution in [0, 0.1) is 0 Å². The van der Waals surface area contributed by atoms with Crippen molar-refractivity contribution in [2.45, 2.75) is 0 Å². The number of halogens is 2. The van der Waals surface area contributed by atoms with E-state index >= 15 is 0 Å². The molecule has 0 saturated heterocycles. The van der Waals surface area contributed by atoms with E-state index in [1.807, 2.05) is 5.80 Å². The molecule has 0 bridgehead atoms. The molecule has 0 aliphatic carbocycles. The van der Waals surface area contributed by atoms with Gasteiger partial charge < -0.3 is 0 Å². The predicted molar refractivity (Wildman–Crippen MR) is 36.8 cm³/mol. The van der Waals surface area contributed by atoms with Crippen LogP contribution >= 0.6 is 31.6 Å². The molecule has 0 N–H and O–H groups in total. The van der Waals surface area contributed by atoms with E-state index in [1.165, 1.54) is 0 Å². The van der Waals surface area contributed by atoms with Crippen LogP contribution in [0.4, 0.5) is 0 Å². The molecular formula is C4H2Cl2NP. The Bertz CT molecular complexity index is 170. The Labute approximate surface area is 58.8 Å². The van der Waals surface area contributed by atoms with Crippen molar-refractivity contribution in [3.8, 4) is 0 Å². The lowest BCUT2D eigenvalue weighted by Gasteiger charge is -1.86. The fraction of sp³-hybridized carbons (Fsp3) is 0. The first kappa shape index (κ1) is 6.28. The molecule has 0 fully saturated rings. The van der Waals surface area contributed by atoms with E-state index in [-0.39, 0.29) is 0 Å². The second-order valence-corrected chi connectivity index (χ2v) is 2.66. The lowest BCUT2D eigenvalue weighted by Crippen LogP contribution is -1.65. The Morgan fingerprint density at radius 2 is 2.25 bits per heavy atom. The highest BCUT2D eigenvalue weighted by atomic mass is 35.5. The summed E-state index contributed by atoms with van der Waals surface area (Å²) in [6, 6.07) is 1.73. The Kier molecular flexibility index (Phi) is 2.07. The standard InChI is InChI=1S/C4H2Cl2NP/c5-3-1-2-8-7-4(3)6/h1-2H. The van der Waals surface area contributed by atoms with Gasteiger partial charge in [-0.15, -0.1) is 0 Å². The lowest BCUT2D eigenvalue weighted by atomic mass is 10.6. The summed E-state index contributed by atoms with van der Waals surface area (Å²) in [7, 11) is 0.858. The van der Waals surface area contributed by atoms with E-state index in [1.54, 1.807) is 6.07 Å². The van der Waals surface area contributed by atoms with Gasteiger partial charge in [-0.2, -0.15) is 0 Å². The maximum atomic E-state index is 5.53. The molecule has 0 atom stereocenters. The summed E-state index contributed by atoms with van der Waals surface area (Å²) < 4.78 is 3.81. The van der Waals surface area contributed by atoms with Crippen molar-refractivity contribution in [2.24, 2.45) is 0 Å². The van der Waals surface area contributed by atoms with Crippen molar-refractivity contribution in [3.63, 3.8) is 0 Å². The van der Waals surface area contributed by atoms with Crippen LogP contribution in [0.15, 0.2) is 11.9 Å². The van der Waals surface area contributed by atoms with E-state index in [4.69, 9.17) is 23.2 Å². The second kappa shape index (κ2) is 2.63. The van der Waals surface area contributed by atoms with Gasteiger partial charge in [0.25, 0.3) is 0 Å². The van der Waals surface area contributed by atoms with E-state index in [0.717, 1.165) is 8.35 Å². The molecule has 1 aromatic rings. The van der Waals surface area contributed by atoms with Crippen LogP contribution in [-0.4, -0.2) is 4.75 Å². The van der Waals surface area contributed by atoms with Gasteiger partial charge in [-0.25, -0.2) is 4.75 Å². The van der Waals surface area contributed by atoms with E-state index in [2.05, 4.69) is 4.75 Å². The molecule has 0 radical (unpaired) electrons. The summed E-state index contributed by atoms with van der Waals surface area (Å²) in [5, 5.41) is 0.918. The lowest BCUT2D eigenvalue weighted by molar-refractivity contribution is 1.53. The zero-order chi connectivity index (χ0) is 5.98. The zero-order valence-electron chi connectivity index (χ0n) is 3.81. The van der Waals surface area contributed by atoms with Crippen LogP contribution in [0.1, 0.15) is 0 Å². The molecule has 0 aliphatic rings. The maximum absolute atomic E-state index is 5.53. The summed E-state index contributed by atoms with van der Waals surface area (Å²) >= 11 is 11.0. The minimum absolute atomic E-state index is 0.399. The fourth-order valence-corrected chi connectivity index (χ4v) is 1.24. The van der Waals surface area contributed by atoms with Crippen LogP contribution in [-0.2, 0) is 0 Å². The van der Waals surface area contributed by atoms with Crippen molar-refractivity contribution >= 4 is 31.6 Å². The molecule has 4 heteroatoms. The predicted octanol–water partition coefficient (Wildman–Crippen LogP) is 2.97. The monoisotopic (exact) mass is 165 g/mol. The molecule has 1 nitrogen and oxygen atoms in total. The normalized spacial score (nSPS) is 10.2. The molecular weight excluding hydrogens is 164 g/mol. The Hall–Kier alpha value is 0.160. The van der Waals surface area contributed by atoms with Crippen LogP contribution in [0.5, 0.6) is 0 Å². The summed E-state index contributed by atoms with van der Waals surface area (Å²) in [6.07, 6.45) is 0. The topological polar surface area (TPSA) is 12.9 Å². The van der Waals surface area contributed by atoms with Gasteiger partial charge >= 0.3 is 0 Å². The van der Waals surface area contributed by atoms with Gasteiger partial charge in [-0.3, -0.25) is 0 Å². The van der Waals surface area contributed by atoms with E-state index in [0.29, 0.717) is 10.2 Å². The van der Waals surface area contributed by atoms with Gasteiger partial charge in [0, 0.05) is 8.35 Å². The highest BCUT2D eigenvalue weighted by Gasteiger charge is 1.91. The van der Waals surface area contributed by atoms with Crippen molar-refractivity contribution < 1.29 is 0 Å². The van der Waals surface area contributed by atoms with Gasteiger partial charge in [-0.05, 0) is 11.9 Å². The molecule has 0 aliphatic heterocycles. The summed E-state index contributed by atoms with van der Waals surface area (Å²) in [5.74, 6) is 1.83. The molecule has 8 heavy (non-hydrogen) atoms. The minimum atomic E-state index is 0.399. The second-order valence-electron chi connectivity index (χ2n) is 1.17. The first-order valence-corrected chi connectivity index (χ1v) is 3.60. The summed E-state index contributed by atoms with van der Waals surface area (Å²) in [4.78, 5) is 0. The van der Waals surface area contributed by atoms with Gasteiger partial charge in [0.1, 0.15) is 0 Å². The van der Waals surface area contributed by atoms with Crippen molar-refractivity contribution in [3.05, 3.63) is 22.0 Å². The van der Waals surface area contributed by atoms with Crippen LogP contribution in [0.3, 0.4) is 0 Å². The third-order valence-corrected chi connectivity index (χ3v) is 2.04. The van der Waals surface area contributed by atoms with Crippen LogP contribution < -0.4 is 0 Å². The SMILES string of the molecule is Clc1ccpnc1Cl. The number of hydrogen-bond acceptors (Lipinski definition) is 1. The number of aromatic nitrogens is 1. The summed E-state index contributed by atoms with van der Waals surface area (Å²) in [5.41, 5.74) is 0. The van der Waals surface area contributed by atoms with Gasteiger partial charge in [-0.1, -0.05) is 23.2 Å². The van der Waals surface area contributed by atoms with Gasteiger partial charge in [0.2, 0.25) is 0 Å². The number of rotatable bonds is 0. The highest BCUT2D eigenvalue weighted by molar-refractivity contribution is 7.24.